The lowest BCUT2D eigenvalue weighted by atomic mass is 9.99. The molecule has 1 fully saturated rings. The van der Waals surface area contributed by atoms with E-state index >= 15 is 8.78 Å². The van der Waals surface area contributed by atoms with E-state index in [0.717, 1.165) is 19.6 Å². The molecule has 1 aromatic heterocycles. The first kappa shape index (κ1) is 32.0. The number of hydrogen-bond acceptors (Lipinski definition) is 7. The molecule has 2 amide bonds. The minimum atomic E-state index is -3.21. The van der Waals surface area contributed by atoms with Crippen molar-refractivity contribution in [2.45, 2.75) is 32.0 Å². The fourth-order valence-electron chi connectivity index (χ4n) is 5.86. The summed E-state index contributed by atoms with van der Waals surface area (Å²) in [7, 11) is 0. The molecule has 1 N–H and O–H groups in total. The zero-order chi connectivity index (χ0) is 33.0. The second-order valence-corrected chi connectivity index (χ2v) is 11.5. The van der Waals surface area contributed by atoms with E-state index in [9.17, 15) is 14.9 Å². The van der Waals surface area contributed by atoms with Crippen molar-refractivity contribution in [2.75, 3.05) is 49.7 Å². The Morgan fingerprint density at radius 2 is 1.81 bits per heavy atom. The van der Waals surface area contributed by atoms with Crippen molar-refractivity contribution < 1.29 is 27.8 Å². The maximum Gasteiger partial charge on any atom is 0.298 e. The van der Waals surface area contributed by atoms with Crippen LogP contribution < -0.4 is 10.2 Å². The van der Waals surface area contributed by atoms with Crippen LogP contribution in [0.5, 0.6) is 0 Å². The van der Waals surface area contributed by atoms with Gasteiger partial charge in [0, 0.05) is 42.1 Å². The highest BCUT2D eigenvalue weighted by Gasteiger charge is 2.37. The second kappa shape index (κ2) is 13.8. The summed E-state index contributed by atoms with van der Waals surface area (Å²) in [5, 5.41) is 16.8. The van der Waals surface area contributed by atoms with E-state index in [0.29, 0.717) is 48.9 Å². The van der Waals surface area contributed by atoms with Crippen LogP contribution in [0, 0.1) is 11.3 Å². The fourth-order valence-corrected chi connectivity index (χ4v) is 5.86. The lowest BCUT2D eigenvalue weighted by Crippen LogP contribution is -2.47. The number of aromatic nitrogens is 2. The van der Waals surface area contributed by atoms with E-state index in [1.54, 1.807) is 36.4 Å². The Morgan fingerprint density at radius 1 is 1.09 bits per heavy atom. The normalized spacial score (nSPS) is 16.9. The maximum absolute atomic E-state index is 15.1. The summed E-state index contributed by atoms with van der Waals surface area (Å²) in [5.74, 6) is -4.25. The molecule has 242 valence electrons. The third-order valence-electron chi connectivity index (χ3n) is 8.43. The molecule has 2 aliphatic heterocycles. The molecule has 0 bridgehead atoms. The summed E-state index contributed by atoms with van der Waals surface area (Å²) in [6, 6.07) is 19.9. The van der Waals surface area contributed by atoms with Gasteiger partial charge in [0.1, 0.15) is 5.69 Å². The Labute approximate surface area is 271 Å². The van der Waals surface area contributed by atoms with Gasteiger partial charge >= 0.3 is 0 Å². The van der Waals surface area contributed by atoms with Gasteiger partial charge in [-0.25, -0.2) is 0 Å². The average molecular weight is 641 g/mol. The van der Waals surface area contributed by atoms with Crippen LogP contribution in [0.25, 0.3) is 0 Å². The van der Waals surface area contributed by atoms with Crippen LogP contribution in [-0.2, 0) is 28.5 Å². The van der Waals surface area contributed by atoms with Crippen LogP contribution in [0.1, 0.15) is 50.0 Å². The number of carbonyl (C=O) groups is 2. The van der Waals surface area contributed by atoms with E-state index < -0.39 is 17.7 Å². The van der Waals surface area contributed by atoms with Crippen molar-refractivity contribution in [3.8, 4) is 6.07 Å². The Balaban J connectivity index is 1.13. The van der Waals surface area contributed by atoms with Crippen molar-refractivity contribution in [2.24, 2.45) is 0 Å². The van der Waals surface area contributed by atoms with E-state index in [2.05, 4.69) is 21.4 Å². The highest BCUT2D eigenvalue weighted by atomic mass is 19.3. The number of anilines is 2. The van der Waals surface area contributed by atoms with Crippen LogP contribution >= 0.6 is 0 Å². The number of amides is 2. The topological polar surface area (TPSA) is 113 Å². The van der Waals surface area contributed by atoms with Crippen molar-refractivity contribution in [1.29, 1.82) is 5.26 Å². The first-order chi connectivity index (χ1) is 22.8. The largest absolute Gasteiger partial charge is 0.379 e. The Hall–Kier alpha value is -4.96. The molecule has 47 heavy (non-hydrogen) atoms. The second-order valence-electron chi connectivity index (χ2n) is 11.5. The summed E-state index contributed by atoms with van der Waals surface area (Å²) >= 11 is 0. The van der Waals surface area contributed by atoms with E-state index in [1.165, 1.54) is 52.2 Å². The summed E-state index contributed by atoms with van der Waals surface area (Å²) in [6.07, 6.45) is 1.34. The Bertz CT molecular complexity index is 1780. The fraction of sp³-hybridized carbons (Fsp3) is 0.314. The molecular formula is C35H34F2N6O4. The number of halogens is 2. The number of rotatable bonds is 10. The van der Waals surface area contributed by atoms with E-state index in [4.69, 9.17) is 9.47 Å². The minimum absolute atomic E-state index is 0.0631. The van der Waals surface area contributed by atoms with Gasteiger partial charge in [-0.2, -0.15) is 19.1 Å². The Kier molecular flexibility index (Phi) is 9.40. The van der Waals surface area contributed by atoms with E-state index in [1.807, 2.05) is 6.92 Å². The van der Waals surface area contributed by atoms with Crippen LogP contribution in [0.3, 0.4) is 0 Å². The predicted octanol–water partition coefficient (Wildman–Crippen LogP) is 5.04. The van der Waals surface area contributed by atoms with Gasteiger partial charge in [0.15, 0.2) is 0 Å². The number of alkyl halides is 2. The molecule has 10 nitrogen and oxygen atoms in total. The highest BCUT2D eigenvalue weighted by Crippen LogP contribution is 2.37. The quantitative estimate of drug-likeness (QED) is 0.242. The molecule has 12 heteroatoms. The number of fused-ring (bicyclic) bond motifs is 1. The molecule has 0 aliphatic carbocycles. The molecule has 0 radical (unpaired) electrons. The molecule has 0 unspecified atom stereocenters. The molecule has 4 aromatic rings. The summed E-state index contributed by atoms with van der Waals surface area (Å²) in [5.41, 5.74) is 1.70. The number of hydrogen-bond donors (Lipinski definition) is 1. The van der Waals surface area contributed by atoms with Crippen molar-refractivity contribution in [3.05, 3.63) is 113 Å². The van der Waals surface area contributed by atoms with Crippen molar-refractivity contribution >= 4 is 23.2 Å². The molecular weight excluding hydrogens is 606 g/mol. The number of carbonyl (C=O) groups excluding carboxylic acids is 2. The monoisotopic (exact) mass is 640 g/mol. The van der Waals surface area contributed by atoms with E-state index in [-0.39, 0.29) is 35.0 Å². The predicted molar refractivity (Wildman–Crippen MR) is 170 cm³/mol. The molecule has 3 aromatic carbocycles. The summed E-state index contributed by atoms with van der Waals surface area (Å²) in [4.78, 5) is 31.0. The number of benzene rings is 3. The molecule has 0 saturated carbocycles. The van der Waals surface area contributed by atoms with Gasteiger partial charge in [0.05, 0.1) is 62.4 Å². The smallest absolute Gasteiger partial charge is 0.298 e. The van der Waals surface area contributed by atoms with Gasteiger partial charge in [0.25, 0.3) is 17.7 Å². The highest BCUT2D eigenvalue weighted by molar-refractivity contribution is 6.15. The lowest BCUT2D eigenvalue weighted by molar-refractivity contribution is 0.0180. The number of nitriles is 1. The van der Waals surface area contributed by atoms with Gasteiger partial charge in [0.2, 0.25) is 0 Å². The molecule has 6 rings (SSSR count). The van der Waals surface area contributed by atoms with Gasteiger partial charge in [-0.15, -0.1) is 0 Å². The molecule has 1 atom stereocenters. The number of nitrogens with zero attached hydrogens (tertiary/aromatic N) is 5. The third kappa shape index (κ3) is 6.78. The average Bonchev–Trinajstić information content (AvgIpc) is 3.52. The van der Waals surface area contributed by atoms with Crippen molar-refractivity contribution in [1.82, 2.24) is 14.7 Å². The number of nitrogens with one attached hydrogen (secondary N) is 1. The SMILES string of the molecule is C[C@H]1Cn2ncc(C(=O)Nc3ccc(COCCN4CCOCC4)c(C#N)c3)c2C(=O)N1c1ccc(C(F)(F)c2ccccc2)cc1. The number of ether oxygens (including phenoxy) is 2. The first-order valence-electron chi connectivity index (χ1n) is 15.4. The zero-order valence-corrected chi connectivity index (χ0v) is 25.9. The van der Waals surface area contributed by atoms with Gasteiger partial charge in [-0.1, -0.05) is 48.5 Å². The Morgan fingerprint density at radius 3 is 2.53 bits per heavy atom. The van der Waals surface area contributed by atoms with Gasteiger partial charge in [-0.3, -0.25) is 19.2 Å². The standard InChI is InChI=1S/C35H34F2N6O4/c1-24-22-42-32(34(45)43(24)30-11-8-28(9-12-30)35(36,37)27-5-3-2-4-6-27)31(21-39-42)33(44)40-29-10-7-25(26(19-29)20-38)23-47-18-15-41-13-16-46-17-14-41/h2-12,19,21,24H,13-18,22-23H2,1H3,(H,40,44)/t24-/m0/s1. The molecule has 1 saturated heterocycles. The molecule has 2 aliphatic rings. The summed E-state index contributed by atoms with van der Waals surface area (Å²) in [6.45, 7) is 6.85. The van der Waals surface area contributed by atoms with Crippen molar-refractivity contribution in [3.63, 3.8) is 0 Å². The third-order valence-corrected chi connectivity index (χ3v) is 8.43. The van der Waals surface area contributed by atoms with Crippen LogP contribution in [0.2, 0.25) is 0 Å². The minimum Gasteiger partial charge on any atom is -0.379 e. The van der Waals surface area contributed by atoms with Gasteiger partial charge < -0.3 is 19.7 Å². The van der Waals surface area contributed by atoms with Crippen LogP contribution in [-0.4, -0.2) is 72.0 Å². The zero-order valence-electron chi connectivity index (χ0n) is 25.9. The molecule has 3 heterocycles. The first-order valence-corrected chi connectivity index (χ1v) is 15.4. The maximum atomic E-state index is 15.1. The molecule has 0 spiro atoms. The van der Waals surface area contributed by atoms with Gasteiger partial charge in [-0.05, 0) is 36.8 Å². The summed E-state index contributed by atoms with van der Waals surface area (Å²) < 4.78 is 42.9. The van der Waals surface area contributed by atoms with Crippen LogP contribution in [0.15, 0.2) is 79.0 Å². The number of morpholine rings is 1. The van der Waals surface area contributed by atoms with Crippen LogP contribution in [0.4, 0.5) is 20.2 Å². The lowest BCUT2D eigenvalue weighted by Gasteiger charge is -2.34.